The van der Waals surface area contributed by atoms with Gasteiger partial charge in [0.15, 0.2) is 0 Å². The lowest BCUT2D eigenvalue weighted by atomic mass is 9.68. The van der Waals surface area contributed by atoms with E-state index >= 15 is 0 Å². The summed E-state index contributed by atoms with van der Waals surface area (Å²) in [6.07, 6.45) is 0.885. The van der Waals surface area contributed by atoms with Gasteiger partial charge in [0, 0.05) is 25.5 Å². The molecule has 1 N–H and O–H groups in total. The van der Waals surface area contributed by atoms with Crippen molar-refractivity contribution in [3.63, 3.8) is 0 Å². The Kier molecular flexibility index (Phi) is 4.76. The third-order valence-corrected chi connectivity index (χ3v) is 11.4. The van der Waals surface area contributed by atoms with E-state index in [1.165, 1.54) is 16.2 Å². The molecular weight excluding hydrogens is 556 g/mol. The Morgan fingerprint density at radius 1 is 0.941 bits per heavy atom. The van der Waals surface area contributed by atoms with Crippen molar-refractivity contribution in [3.05, 3.63) is 78.1 Å². The highest BCUT2D eigenvalue weighted by Gasteiger charge is 2.69. The van der Waals surface area contributed by atoms with Gasteiger partial charge in [0.25, 0.3) is 0 Å². The summed E-state index contributed by atoms with van der Waals surface area (Å²) in [5.74, 6) is -0.289. The van der Waals surface area contributed by atoms with E-state index in [-0.39, 0.29) is 57.4 Å². The van der Waals surface area contributed by atoms with Crippen molar-refractivity contribution in [3.8, 4) is 0 Å². The summed E-state index contributed by atoms with van der Waals surface area (Å²) >= 11 is 12.6. The summed E-state index contributed by atoms with van der Waals surface area (Å²) < 4.78 is 1.00. The molecule has 3 heterocycles. The first-order chi connectivity index (χ1) is 16.4. The molecule has 34 heavy (non-hydrogen) atoms. The van der Waals surface area contributed by atoms with Crippen LogP contribution < -0.4 is 9.77 Å². The molecule has 2 aliphatic heterocycles. The minimum absolute atomic E-state index is 0.0433. The average molecular weight is 574 g/mol. The van der Waals surface area contributed by atoms with Gasteiger partial charge in [-0.05, 0) is 66.1 Å². The summed E-state index contributed by atoms with van der Waals surface area (Å²) in [5.41, 5.74) is 1.75. The Bertz CT molecular complexity index is 1400. The van der Waals surface area contributed by atoms with E-state index in [1.807, 2.05) is 12.1 Å². The topological polar surface area (TPSA) is 70.2 Å². The highest BCUT2D eigenvalue weighted by atomic mass is 79.9. The molecule has 9 heteroatoms. The van der Waals surface area contributed by atoms with Gasteiger partial charge in [-0.1, -0.05) is 51.0 Å². The van der Waals surface area contributed by atoms with Crippen molar-refractivity contribution in [1.29, 1.82) is 0 Å². The number of nitrogens with one attached hydrogen (secondary N) is 1. The Labute approximate surface area is 217 Å². The first-order valence-corrected chi connectivity index (χ1v) is 14.1. The second-order valence-electron chi connectivity index (χ2n) is 9.50. The zero-order chi connectivity index (χ0) is 23.3. The van der Waals surface area contributed by atoms with Crippen LogP contribution in [0.25, 0.3) is 0 Å². The van der Waals surface area contributed by atoms with Crippen molar-refractivity contribution in [1.82, 2.24) is 4.98 Å². The zero-order valence-electron chi connectivity index (χ0n) is 17.6. The van der Waals surface area contributed by atoms with Crippen LogP contribution in [-0.2, 0) is 9.59 Å². The maximum absolute atomic E-state index is 13.7. The van der Waals surface area contributed by atoms with E-state index in [0.29, 0.717) is 10.7 Å². The van der Waals surface area contributed by atoms with Gasteiger partial charge in [-0.2, -0.15) is 0 Å². The lowest BCUT2D eigenvalue weighted by Gasteiger charge is -2.43. The molecule has 0 radical (unpaired) electrons. The maximum Gasteiger partial charge on any atom is 0.305 e. The smallest absolute Gasteiger partial charge is 0.305 e. The number of rotatable bonds is 2. The van der Waals surface area contributed by atoms with Gasteiger partial charge in [-0.25, -0.2) is 0 Å². The SMILES string of the molecule is O=C1C2C3CC(C2C(=O)N1c1ccc(Cl)cc1)C1C3Sc2[nH]c(=O)sc2[C@@H]1c1ccc(Br)cc1. The van der Waals surface area contributed by atoms with E-state index in [1.54, 1.807) is 36.0 Å². The number of nitrogens with zero attached hydrogens (tertiary/aromatic N) is 1. The van der Waals surface area contributed by atoms with Crippen LogP contribution in [0.15, 0.2) is 62.8 Å². The molecule has 2 aliphatic carbocycles. The van der Waals surface area contributed by atoms with Gasteiger partial charge in [0.05, 0.1) is 22.5 Å². The first kappa shape index (κ1) is 21.4. The van der Waals surface area contributed by atoms with Crippen LogP contribution in [0.2, 0.25) is 5.02 Å². The molecule has 2 saturated carbocycles. The third-order valence-electron chi connectivity index (χ3n) is 8.04. The fourth-order valence-corrected chi connectivity index (χ4v) is 10.2. The van der Waals surface area contributed by atoms with E-state index in [2.05, 4.69) is 33.0 Å². The first-order valence-electron chi connectivity index (χ1n) is 11.2. The molecule has 2 amide bonds. The Morgan fingerprint density at radius 2 is 1.62 bits per heavy atom. The number of hydrogen-bond donors (Lipinski definition) is 1. The summed E-state index contributed by atoms with van der Waals surface area (Å²) in [4.78, 5) is 45.1. The number of H-pyrrole nitrogens is 1. The monoisotopic (exact) mass is 572 g/mol. The largest absolute Gasteiger partial charge is 0.307 e. The van der Waals surface area contributed by atoms with Crippen LogP contribution in [0.1, 0.15) is 22.8 Å². The number of thioether (sulfide) groups is 1. The summed E-state index contributed by atoms with van der Waals surface area (Å²) in [6, 6.07) is 15.2. The fourth-order valence-electron chi connectivity index (χ4n) is 6.90. The predicted molar refractivity (Wildman–Crippen MR) is 137 cm³/mol. The Balaban J connectivity index is 1.32. The molecule has 3 fully saturated rings. The molecule has 1 saturated heterocycles. The summed E-state index contributed by atoms with van der Waals surface area (Å²) in [5, 5.41) is 1.70. The van der Waals surface area contributed by atoms with Crippen LogP contribution >= 0.6 is 50.6 Å². The van der Waals surface area contributed by atoms with E-state index in [0.717, 1.165) is 26.4 Å². The number of hydrogen-bond acceptors (Lipinski definition) is 5. The van der Waals surface area contributed by atoms with Gasteiger partial charge in [-0.15, -0.1) is 11.8 Å². The van der Waals surface area contributed by atoms with E-state index < -0.39 is 0 Å². The Hall–Kier alpha value is -1.87. The van der Waals surface area contributed by atoms with Crippen molar-refractivity contribution >= 4 is 68.1 Å². The molecule has 0 spiro atoms. The van der Waals surface area contributed by atoms with E-state index in [9.17, 15) is 14.4 Å². The van der Waals surface area contributed by atoms with Crippen LogP contribution in [0.3, 0.4) is 0 Å². The molecule has 2 bridgehead atoms. The number of carbonyl (C=O) groups is 2. The molecule has 1 aromatic heterocycles. The van der Waals surface area contributed by atoms with Crippen LogP contribution in [0.4, 0.5) is 5.69 Å². The molecule has 5 nitrogen and oxygen atoms in total. The number of fused-ring (bicyclic) bond motifs is 9. The van der Waals surface area contributed by atoms with Gasteiger partial charge in [0.2, 0.25) is 11.8 Å². The van der Waals surface area contributed by atoms with Crippen LogP contribution in [-0.4, -0.2) is 22.0 Å². The standard InChI is InChI=1S/C25H18BrClN2O3S2/c26-11-3-1-10(2-4-11)16-17-14-9-15(20(17)33-22-21(16)34-25(32)28-22)19-18(14)23(30)29(24(19)31)13-7-5-12(27)6-8-13/h1-8,14-20H,9H2,(H,28,32)/t14?,15?,16-,17?,18?,19?,20?/m1/s1. The van der Waals surface area contributed by atoms with Gasteiger partial charge in [-0.3, -0.25) is 19.3 Å². The molecule has 6 unspecified atom stereocenters. The maximum atomic E-state index is 13.7. The third kappa shape index (κ3) is 2.89. The average Bonchev–Trinajstić information content (AvgIpc) is 3.54. The molecule has 172 valence electrons. The molecular formula is C25H18BrClN2O3S2. The van der Waals surface area contributed by atoms with Gasteiger partial charge < -0.3 is 4.98 Å². The van der Waals surface area contributed by atoms with Crippen molar-refractivity contribution in [2.45, 2.75) is 22.6 Å². The summed E-state index contributed by atoms with van der Waals surface area (Å²) in [7, 11) is 0. The molecule has 7 atom stereocenters. The number of amides is 2. The highest BCUT2D eigenvalue weighted by Crippen LogP contribution is 2.68. The van der Waals surface area contributed by atoms with Gasteiger partial charge in [0.1, 0.15) is 0 Å². The second kappa shape index (κ2) is 7.56. The van der Waals surface area contributed by atoms with Crippen molar-refractivity contribution < 1.29 is 9.59 Å². The number of carbonyl (C=O) groups excluding carboxylic acids is 2. The van der Waals surface area contributed by atoms with Crippen molar-refractivity contribution in [2.75, 3.05) is 4.90 Å². The molecule has 3 aromatic rings. The highest BCUT2D eigenvalue weighted by molar-refractivity contribution is 9.10. The zero-order valence-corrected chi connectivity index (χ0v) is 21.6. The number of aromatic nitrogens is 1. The second-order valence-corrected chi connectivity index (χ2v) is 13.1. The molecule has 7 rings (SSSR count). The predicted octanol–water partition coefficient (Wildman–Crippen LogP) is 5.53. The minimum atomic E-state index is -0.301. The number of anilines is 1. The minimum Gasteiger partial charge on any atom is -0.307 e. The number of aromatic amines is 1. The quantitative estimate of drug-likeness (QED) is 0.409. The fraction of sp³-hybridized carbons (Fsp3) is 0.320. The van der Waals surface area contributed by atoms with E-state index in [4.69, 9.17) is 11.6 Å². The Morgan fingerprint density at radius 3 is 2.32 bits per heavy atom. The molecule has 2 aromatic carbocycles. The summed E-state index contributed by atoms with van der Waals surface area (Å²) in [6.45, 7) is 0. The number of benzene rings is 2. The lowest BCUT2D eigenvalue weighted by molar-refractivity contribution is -0.123. The number of halogens is 2. The van der Waals surface area contributed by atoms with Crippen molar-refractivity contribution in [2.24, 2.45) is 29.6 Å². The van der Waals surface area contributed by atoms with Crippen LogP contribution in [0, 0.1) is 29.6 Å². The lowest BCUT2D eigenvalue weighted by Crippen LogP contribution is -2.42. The van der Waals surface area contributed by atoms with Crippen LogP contribution in [0.5, 0.6) is 0 Å². The number of imide groups is 1. The molecule has 4 aliphatic rings. The normalized spacial score (nSPS) is 33.2. The van der Waals surface area contributed by atoms with Gasteiger partial charge >= 0.3 is 4.87 Å². The number of thiazole rings is 1.